The summed E-state index contributed by atoms with van der Waals surface area (Å²) in [7, 11) is 0. The molecule has 146 valence electrons. The maximum Gasteiger partial charge on any atom is 0.338 e. The summed E-state index contributed by atoms with van der Waals surface area (Å²) in [5.41, 5.74) is 5.43. The van der Waals surface area contributed by atoms with Gasteiger partial charge in [-0.05, 0) is 12.1 Å². The van der Waals surface area contributed by atoms with Crippen molar-refractivity contribution in [3.8, 4) is 0 Å². The number of hydrogen-bond donors (Lipinski definition) is 4. The Bertz CT molecular complexity index is 1060. The molecular weight excluding hydrogens is 370 g/mol. The number of nitrogens with two attached hydrogens (primary N) is 1. The fourth-order valence-corrected chi connectivity index (χ4v) is 3.14. The number of nitrogens with one attached hydrogen (secondary N) is 1. The maximum absolute atomic E-state index is 12.3. The number of rotatable bonds is 4. The van der Waals surface area contributed by atoms with E-state index in [-0.39, 0.29) is 17.1 Å². The Morgan fingerprint density at radius 2 is 2.11 bits per heavy atom. The second-order valence-corrected chi connectivity index (χ2v) is 6.25. The lowest BCUT2D eigenvalue weighted by Gasteiger charge is -2.20. The van der Waals surface area contributed by atoms with Gasteiger partial charge in [-0.3, -0.25) is 14.3 Å². The van der Waals surface area contributed by atoms with E-state index < -0.39 is 42.7 Å². The van der Waals surface area contributed by atoms with Crippen molar-refractivity contribution in [1.29, 1.82) is 0 Å². The van der Waals surface area contributed by atoms with Crippen molar-refractivity contribution in [2.45, 2.75) is 24.5 Å². The molecular formula is C17H17N5O6. The number of fused-ring (bicyclic) bond motifs is 1. The summed E-state index contributed by atoms with van der Waals surface area (Å²) in [5, 5.41) is 20.3. The average Bonchev–Trinajstić information content (AvgIpc) is 3.24. The number of anilines is 1. The fourth-order valence-electron chi connectivity index (χ4n) is 3.14. The molecule has 0 radical (unpaired) electrons. The molecule has 11 nitrogen and oxygen atoms in total. The van der Waals surface area contributed by atoms with Crippen LogP contribution in [0.4, 0.5) is 5.95 Å². The van der Waals surface area contributed by atoms with Crippen molar-refractivity contribution in [1.82, 2.24) is 19.5 Å². The number of ether oxygens (including phenoxy) is 2. The van der Waals surface area contributed by atoms with Gasteiger partial charge in [0.2, 0.25) is 5.95 Å². The van der Waals surface area contributed by atoms with E-state index in [0.29, 0.717) is 5.56 Å². The van der Waals surface area contributed by atoms with E-state index in [9.17, 15) is 19.8 Å². The first kappa shape index (κ1) is 18.1. The van der Waals surface area contributed by atoms with Gasteiger partial charge in [-0.15, -0.1) is 0 Å². The van der Waals surface area contributed by atoms with E-state index >= 15 is 0 Å². The van der Waals surface area contributed by atoms with E-state index in [0.717, 1.165) is 0 Å². The van der Waals surface area contributed by atoms with Gasteiger partial charge in [0.15, 0.2) is 23.5 Å². The highest BCUT2D eigenvalue weighted by atomic mass is 16.6. The molecule has 11 heteroatoms. The second kappa shape index (κ2) is 7.03. The van der Waals surface area contributed by atoms with Crippen molar-refractivity contribution >= 4 is 23.1 Å². The lowest BCUT2D eigenvalue weighted by molar-refractivity contribution is -0.0529. The van der Waals surface area contributed by atoms with Gasteiger partial charge in [-0.25, -0.2) is 9.78 Å². The summed E-state index contributed by atoms with van der Waals surface area (Å²) in [4.78, 5) is 34.6. The van der Waals surface area contributed by atoms with Gasteiger partial charge < -0.3 is 25.4 Å². The van der Waals surface area contributed by atoms with Gasteiger partial charge in [0.05, 0.1) is 18.5 Å². The fraction of sp³-hybridized carbons (Fsp3) is 0.294. The highest BCUT2D eigenvalue weighted by Crippen LogP contribution is 2.33. The highest BCUT2D eigenvalue weighted by Gasteiger charge is 2.47. The van der Waals surface area contributed by atoms with E-state index in [1.54, 1.807) is 30.3 Å². The zero-order valence-corrected chi connectivity index (χ0v) is 14.4. The third-order valence-electron chi connectivity index (χ3n) is 4.47. The molecule has 2 aromatic heterocycles. The van der Waals surface area contributed by atoms with Crippen LogP contribution in [0.3, 0.4) is 0 Å². The molecule has 0 saturated carbocycles. The lowest BCUT2D eigenvalue weighted by atomic mass is 10.1. The van der Waals surface area contributed by atoms with E-state index in [4.69, 9.17) is 15.2 Å². The number of benzene rings is 1. The molecule has 3 aromatic rings. The number of hydrogen-bond acceptors (Lipinski definition) is 9. The number of imidazole rings is 1. The minimum Gasteiger partial charge on any atom is -0.453 e. The standard InChI is InChI=1S/C17H17N5O6/c18-17-20-13-10(14(25)21-17)19-7-22(13)15-11(24)12(9(6-23)27-15)28-16(26)8-4-2-1-3-5-8/h1-5,7,9,11-12,15,23-24H,6H2,(H3,18,20,21,25)/t9-,11-,12-,15-/m1/s1. The van der Waals surface area contributed by atoms with Gasteiger partial charge >= 0.3 is 5.97 Å². The molecule has 4 rings (SSSR count). The Hall–Kier alpha value is -3.28. The first-order chi connectivity index (χ1) is 13.5. The van der Waals surface area contributed by atoms with Crippen LogP contribution in [0.25, 0.3) is 11.2 Å². The van der Waals surface area contributed by atoms with Crippen LogP contribution in [0.2, 0.25) is 0 Å². The number of H-pyrrole nitrogens is 1. The molecule has 3 heterocycles. The molecule has 28 heavy (non-hydrogen) atoms. The minimum absolute atomic E-state index is 0.00952. The molecule has 0 bridgehead atoms. The minimum atomic E-state index is -1.34. The van der Waals surface area contributed by atoms with Crippen LogP contribution in [-0.2, 0) is 9.47 Å². The summed E-state index contributed by atoms with van der Waals surface area (Å²) in [6.07, 6.45) is -3.30. The predicted octanol–water partition coefficient (Wildman–Crippen LogP) is -0.822. The molecule has 0 spiro atoms. The molecule has 1 aliphatic heterocycles. The number of carbonyl (C=O) groups excluding carboxylic acids is 1. The quantitative estimate of drug-likeness (QED) is 0.418. The van der Waals surface area contributed by atoms with Crippen molar-refractivity contribution in [3.63, 3.8) is 0 Å². The van der Waals surface area contributed by atoms with Gasteiger partial charge in [0, 0.05) is 0 Å². The monoisotopic (exact) mass is 387 g/mol. The van der Waals surface area contributed by atoms with E-state index in [2.05, 4.69) is 15.0 Å². The molecule has 1 saturated heterocycles. The normalized spacial score (nSPS) is 24.5. The summed E-state index contributed by atoms with van der Waals surface area (Å²) < 4.78 is 12.3. The zero-order valence-electron chi connectivity index (χ0n) is 14.4. The Kier molecular flexibility index (Phi) is 4.55. The number of aliphatic hydroxyl groups is 2. The molecule has 0 amide bonds. The first-order valence-electron chi connectivity index (χ1n) is 8.42. The number of aliphatic hydroxyl groups excluding tert-OH is 2. The van der Waals surface area contributed by atoms with Crippen LogP contribution in [0.15, 0.2) is 41.5 Å². The molecule has 1 aromatic carbocycles. The Labute approximate surface area is 157 Å². The average molecular weight is 387 g/mol. The Morgan fingerprint density at radius 1 is 1.36 bits per heavy atom. The van der Waals surface area contributed by atoms with Crippen LogP contribution in [-0.4, -0.2) is 60.6 Å². The number of nitrogen functional groups attached to an aromatic ring is 1. The van der Waals surface area contributed by atoms with E-state index in [1.165, 1.54) is 10.9 Å². The summed E-state index contributed by atoms with van der Waals surface area (Å²) in [5.74, 6) is -0.792. The predicted molar refractivity (Wildman–Crippen MR) is 95.2 cm³/mol. The van der Waals surface area contributed by atoms with Crippen LogP contribution in [0.1, 0.15) is 16.6 Å². The lowest BCUT2D eigenvalue weighted by Crippen LogP contribution is -2.37. The van der Waals surface area contributed by atoms with Gasteiger partial charge in [0.1, 0.15) is 12.2 Å². The molecule has 1 aliphatic rings. The highest BCUT2D eigenvalue weighted by molar-refractivity contribution is 5.89. The summed E-state index contributed by atoms with van der Waals surface area (Å²) in [6, 6.07) is 8.24. The van der Waals surface area contributed by atoms with Crippen LogP contribution < -0.4 is 11.3 Å². The van der Waals surface area contributed by atoms with Crippen molar-refractivity contribution in [2.24, 2.45) is 0 Å². The number of nitrogens with zero attached hydrogens (tertiary/aromatic N) is 3. The third kappa shape index (κ3) is 3.01. The molecule has 0 aliphatic carbocycles. The van der Waals surface area contributed by atoms with Gasteiger partial charge in [-0.1, -0.05) is 18.2 Å². The van der Waals surface area contributed by atoms with Gasteiger partial charge in [-0.2, -0.15) is 4.98 Å². The third-order valence-corrected chi connectivity index (χ3v) is 4.47. The van der Waals surface area contributed by atoms with Gasteiger partial charge in [0.25, 0.3) is 5.56 Å². The summed E-state index contributed by atoms with van der Waals surface area (Å²) in [6.45, 7) is -0.497. The second-order valence-electron chi connectivity index (χ2n) is 6.25. The molecule has 0 unspecified atom stereocenters. The summed E-state index contributed by atoms with van der Waals surface area (Å²) >= 11 is 0. The number of aromatic nitrogens is 4. The van der Waals surface area contributed by atoms with Crippen molar-refractivity contribution in [3.05, 3.63) is 52.6 Å². The number of aromatic amines is 1. The largest absolute Gasteiger partial charge is 0.453 e. The molecule has 1 fully saturated rings. The SMILES string of the molecule is Nc1nc2c(ncn2[C@@H]2O[C@H](CO)[C@@H](OC(=O)c3ccccc3)[C@H]2O)c(=O)[nH]1. The maximum atomic E-state index is 12.3. The molecule has 4 atom stereocenters. The van der Waals surface area contributed by atoms with Crippen molar-refractivity contribution in [2.75, 3.05) is 12.3 Å². The Morgan fingerprint density at radius 3 is 2.82 bits per heavy atom. The van der Waals surface area contributed by atoms with Crippen LogP contribution in [0.5, 0.6) is 0 Å². The van der Waals surface area contributed by atoms with E-state index in [1.807, 2.05) is 0 Å². The number of esters is 1. The topological polar surface area (TPSA) is 166 Å². The smallest absolute Gasteiger partial charge is 0.338 e. The van der Waals surface area contributed by atoms with Crippen molar-refractivity contribution < 1.29 is 24.5 Å². The molecule has 5 N–H and O–H groups in total. The Balaban J connectivity index is 1.64. The number of carbonyl (C=O) groups is 1. The van der Waals surface area contributed by atoms with Crippen LogP contribution in [0, 0.1) is 0 Å². The first-order valence-corrected chi connectivity index (χ1v) is 8.42. The van der Waals surface area contributed by atoms with Crippen LogP contribution >= 0.6 is 0 Å². The zero-order chi connectivity index (χ0) is 19.8.